The number of rotatable bonds is 3. The van der Waals surface area contributed by atoms with E-state index in [-0.39, 0.29) is 11.7 Å². The van der Waals surface area contributed by atoms with Gasteiger partial charge in [-0.05, 0) is 29.8 Å². The van der Waals surface area contributed by atoms with Crippen LogP contribution in [0.25, 0.3) is 0 Å². The van der Waals surface area contributed by atoms with Crippen LogP contribution in [-0.2, 0) is 6.54 Å². The van der Waals surface area contributed by atoms with E-state index >= 15 is 0 Å². The molecule has 1 amide bonds. The zero-order chi connectivity index (χ0) is 12.3. The lowest BCUT2D eigenvalue weighted by atomic mass is 10.2. The molecule has 0 atom stereocenters. The third kappa shape index (κ3) is 3.28. The van der Waals surface area contributed by atoms with Crippen molar-refractivity contribution < 1.29 is 9.18 Å². The van der Waals surface area contributed by atoms with Crippen LogP contribution in [0.1, 0.15) is 15.2 Å². The molecule has 1 aromatic heterocycles. The summed E-state index contributed by atoms with van der Waals surface area (Å²) >= 11 is 6.96. The molecule has 0 saturated heterocycles. The van der Waals surface area contributed by atoms with Gasteiger partial charge < -0.3 is 5.32 Å². The van der Waals surface area contributed by atoms with Crippen LogP contribution in [-0.4, -0.2) is 5.91 Å². The summed E-state index contributed by atoms with van der Waals surface area (Å²) in [4.78, 5) is 12.2. The molecule has 1 heterocycles. The molecule has 2 rings (SSSR count). The summed E-state index contributed by atoms with van der Waals surface area (Å²) < 4.78 is 13.2. The molecule has 0 spiro atoms. The van der Waals surface area contributed by atoms with Gasteiger partial charge in [-0.3, -0.25) is 4.79 Å². The molecule has 0 aliphatic heterocycles. The first-order valence-electron chi connectivity index (χ1n) is 4.93. The van der Waals surface area contributed by atoms with Crippen molar-refractivity contribution in [3.63, 3.8) is 0 Å². The Hall–Kier alpha value is -1.39. The van der Waals surface area contributed by atoms with Crippen molar-refractivity contribution in [2.75, 3.05) is 0 Å². The average Bonchev–Trinajstić information content (AvgIpc) is 2.75. The zero-order valence-corrected chi connectivity index (χ0v) is 10.3. The normalized spacial score (nSPS) is 10.2. The van der Waals surface area contributed by atoms with Crippen LogP contribution in [0.5, 0.6) is 0 Å². The Morgan fingerprint density at radius 3 is 2.53 bits per heavy atom. The minimum Gasteiger partial charge on any atom is -0.347 e. The summed E-state index contributed by atoms with van der Waals surface area (Å²) in [6.45, 7) is 0.370. The van der Waals surface area contributed by atoms with Gasteiger partial charge >= 0.3 is 0 Å². The Labute approximate surface area is 107 Å². The highest BCUT2D eigenvalue weighted by molar-refractivity contribution is 7.17. The quantitative estimate of drug-likeness (QED) is 0.908. The Morgan fingerprint density at radius 1 is 1.24 bits per heavy atom. The van der Waals surface area contributed by atoms with E-state index in [0.29, 0.717) is 15.8 Å². The topological polar surface area (TPSA) is 29.1 Å². The standard InChI is InChI=1S/C12H9ClFNOS/c13-11-6-5-10(17-11)12(16)15-7-8-1-3-9(14)4-2-8/h1-6H,7H2,(H,15,16). The molecule has 0 bridgehead atoms. The van der Waals surface area contributed by atoms with Crippen LogP contribution >= 0.6 is 22.9 Å². The second-order valence-corrected chi connectivity index (χ2v) is 5.13. The van der Waals surface area contributed by atoms with E-state index in [0.717, 1.165) is 5.56 Å². The van der Waals surface area contributed by atoms with E-state index in [1.807, 2.05) is 0 Å². The van der Waals surface area contributed by atoms with E-state index < -0.39 is 0 Å². The highest BCUT2D eigenvalue weighted by Gasteiger charge is 2.07. The predicted octanol–water partition coefficient (Wildman–Crippen LogP) is 3.47. The van der Waals surface area contributed by atoms with Gasteiger partial charge in [0.15, 0.2) is 0 Å². The summed E-state index contributed by atoms with van der Waals surface area (Å²) in [5.41, 5.74) is 0.849. The second-order valence-electron chi connectivity index (χ2n) is 3.41. The summed E-state index contributed by atoms with van der Waals surface area (Å²) in [5.74, 6) is -0.462. The average molecular weight is 270 g/mol. The van der Waals surface area contributed by atoms with Gasteiger partial charge in [-0.15, -0.1) is 11.3 Å². The lowest BCUT2D eigenvalue weighted by Crippen LogP contribution is -2.21. The first-order valence-corrected chi connectivity index (χ1v) is 6.12. The SMILES string of the molecule is O=C(NCc1ccc(F)cc1)c1ccc(Cl)s1. The van der Waals surface area contributed by atoms with Gasteiger partial charge in [0.05, 0.1) is 9.21 Å². The van der Waals surface area contributed by atoms with E-state index in [4.69, 9.17) is 11.6 Å². The molecule has 1 N–H and O–H groups in total. The second kappa shape index (κ2) is 5.29. The summed E-state index contributed by atoms with van der Waals surface area (Å²) in [6, 6.07) is 9.35. The van der Waals surface area contributed by atoms with Crippen molar-refractivity contribution in [2.24, 2.45) is 0 Å². The predicted molar refractivity (Wildman–Crippen MR) is 66.9 cm³/mol. The third-order valence-electron chi connectivity index (χ3n) is 2.16. The highest BCUT2D eigenvalue weighted by Crippen LogP contribution is 2.21. The molecule has 2 nitrogen and oxygen atoms in total. The fourth-order valence-electron chi connectivity index (χ4n) is 1.31. The van der Waals surface area contributed by atoms with Gasteiger partial charge in [0.1, 0.15) is 5.82 Å². The lowest BCUT2D eigenvalue weighted by Gasteiger charge is -2.03. The zero-order valence-electron chi connectivity index (χ0n) is 8.74. The molecule has 17 heavy (non-hydrogen) atoms. The third-order valence-corrected chi connectivity index (χ3v) is 3.39. The summed E-state index contributed by atoms with van der Waals surface area (Å²) in [7, 11) is 0. The number of carbonyl (C=O) groups is 1. The summed E-state index contributed by atoms with van der Waals surface area (Å²) in [6.07, 6.45) is 0. The highest BCUT2D eigenvalue weighted by atomic mass is 35.5. The van der Waals surface area contributed by atoms with Crippen LogP contribution < -0.4 is 5.32 Å². The van der Waals surface area contributed by atoms with Crippen LogP contribution in [0, 0.1) is 5.82 Å². The molecule has 88 valence electrons. The Kier molecular flexibility index (Phi) is 3.76. The van der Waals surface area contributed by atoms with Crippen molar-refractivity contribution in [3.05, 3.63) is 57.0 Å². The molecule has 2 aromatic rings. The molecule has 0 aliphatic carbocycles. The number of amides is 1. The Morgan fingerprint density at radius 2 is 1.94 bits per heavy atom. The lowest BCUT2D eigenvalue weighted by molar-refractivity contribution is 0.0955. The number of thiophene rings is 1. The minimum atomic E-state index is -0.287. The number of benzene rings is 1. The maximum absolute atomic E-state index is 12.7. The number of nitrogens with one attached hydrogen (secondary N) is 1. The van der Waals surface area contributed by atoms with E-state index in [1.54, 1.807) is 24.3 Å². The molecule has 0 radical (unpaired) electrons. The summed E-state index contributed by atoms with van der Waals surface area (Å²) in [5, 5.41) is 2.74. The minimum absolute atomic E-state index is 0.175. The van der Waals surface area contributed by atoms with Gasteiger partial charge in [0.25, 0.3) is 5.91 Å². The monoisotopic (exact) mass is 269 g/mol. The number of hydrogen-bond acceptors (Lipinski definition) is 2. The Bertz CT molecular complexity index is 524. The van der Waals surface area contributed by atoms with Crippen molar-refractivity contribution in [1.82, 2.24) is 5.32 Å². The number of halogens is 2. The fourth-order valence-corrected chi connectivity index (χ4v) is 2.27. The fraction of sp³-hybridized carbons (Fsp3) is 0.0833. The van der Waals surface area contributed by atoms with E-state index in [1.165, 1.54) is 23.5 Å². The van der Waals surface area contributed by atoms with E-state index in [9.17, 15) is 9.18 Å². The molecule has 5 heteroatoms. The largest absolute Gasteiger partial charge is 0.347 e. The van der Waals surface area contributed by atoms with E-state index in [2.05, 4.69) is 5.32 Å². The van der Waals surface area contributed by atoms with Crippen LogP contribution in [0.15, 0.2) is 36.4 Å². The first kappa shape index (κ1) is 12.1. The maximum atomic E-state index is 12.7. The van der Waals surface area contributed by atoms with Gasteiger partial charge in [0, 0.05) is 6.54 Å². The van der Waals surface area contributed by atoms with Gasteiger partial charge in [-0.1, -0.05) is 23.7 Å². The van der Waals surface area contributed by atoms with Crippen molar-refractivity contribution in [1.29, 1.82) is 0 Å². The van der Waals surface area contributed by atoms with Gasteiger partial charge in [0.2, 0.25) is 0 Å². The van der Waals surface area contributed by atoms with Crippen LogP contribution in [0.2, 0.25) is 4.34 Å². The maximum Gasteiger partial charge on any atom is 0.261 e. The molecule has 0 unspecified atom stereocenters. The number of carbonyl (C=O) groups excluding carboxylic acids is 1. The van der Waals surface area contributed by atoms with Gasteiger partial charge in [-0.2, -0.15) is 0 Å². The smallest absolute Gasteiger partial charge is 0.261 e. The first-order chi connectivity index (χ1) is 8.15. The number of hydrogen-bond donors (Lipinski definition) is 1. The molecule has 0 saturated carbocycles. The van der Waals surface area contributed by atoms with Crippen molar-refractivity contribution in [2.45, 2.75) is 6.54 Å². The van der Waals surface area contributed by atoms with Crippen molar-refractivity contribution >= 4 is 28.8 Å². The molecule has 0 fully saturated rings. The van der Waals surface area contributed by atoms with Crippen LogP contribution in [0.4, 0.5) is 4.39 Å². The molecular formula is C12H9ClFNOS. The van der Waals surface area contributed by atoms with Gasteiger partial charge in [-0.25, -0.2) is 4.39 Å². The van der Waals surface area contributed by atoms with Crippen LogP contribution in [0.3, 0.4) is 0 Å². The molecule has 1 aromatic carbocycles. The molecule has 0 aliphatic rings. The molecular weight excluding hydrogens is 261 g/mol. The Balaban J connectivity index is 1.94. The van der Waals surface area contributed by atoms with Crippen molar-refractivity contribution in [3.8, 4) is 0 Å².